The molecule has 1 aliphatic rings. The Bertz CT molecular complexity index is 585. The molecule has 0 saturated heterocycles. The molecule has 1 atom stereocenters. The molecular weight excluding hydrogens is 239 g/mol. The Morgan fingerprint density at radius 2 is 1.68 bits per heavy atom. The van der Waals surface area contributed by atoms with Crippen LogP contribution in [0.2, 0.25) is 0 Å². The van der Waals surface area contributed by atoms with Crippen molar-refractivity contribution >= 4 is 0 Å². The number of hydrogen-bond donors (Lipinski definition) is 1. The zero-order valence-corrected chi connectivity index (χ0v) is 10.9. The fourth-order valence-corrected chi connectivity index (χ4v) is 2.34. The van der Waals surface area contributed by atoms with Crippen LogP contribution in [0.3, 0.4) is 0 Å². The average Bonchev–Trinajstić information content (AvgIpc) is 3.26. The second-order valence-corrected chi connectivity index (χ2v) is 5.35. The number of aliphatic hydroxyl groups is 1. The van der Waals surface area contributed by atoms with Gasteiger partial charge in [-0.2, -0.15) is 0 Å². The summed E-state index contributed by atoms with van der Waals surface area (Å²) < 4.78 is 13.5. The van der Waals surface area contributed by atoms with E-state index in [1.54, 1.807) is 19.1 Å². The van der Waals surface area contributed by atoms with Gasteiger partial charge < -0.3 is 5.11 Å². The summed E-state index contributed by atoms with van der Waals surface area (Å²) in [7, 11) is 0. The zero-order chi connectivity index (χ0) is 13.4. The third-order valence-corrected chi connectivity index (χ3v) is 3.81. The molecule has 0 amide bonds. The van der Waals surface area contributed by atoms with E-state index in [9.17, 15) is 9.50 Å². The summed E-state index contributed by atoms with van der Waals surface area (Å²) in [4.78, 5) is 0. The maximum Gasteiger partial charge on any atom is 0.126 e. The van der Waals surface area contributed by atoms with E-state index in [4.69, 9.17) is 0 Å². The lowest BCUT2D eigenvalue weighted by molar-refractivity contribution is 0.219. The van der Waals surface area contributed by atoms with E-state index in [0.29, 0.717) is 17.0 Å². The molecule has 0 spiro atoms. The molecule has 2 aromatic carbocycles. The summed E-state index contributed by atoms with van der Waals surface area (Å²) >= 11 is 0. The van der Waals surface area contributed by atoms with E-state index in [2.05, 4.69) is 12.1 Å². The molecule has 1 aliphatic carbocycles. The fourth-order valence-electron chi connectivity index (χ4n) is 2.34. The molecule has 0 bridgehead atoms. The molecule has 1 unspecified atom stereocenters. The summed E-state index contributed by atoms with van der Waals surface area (Å²) in [5, 5.41) is 10.3. The van der Waals surface area contributed by atoms with Crippen molar-refractivity contribution in [1.82, 2.24) is 0 Å². The number of hydrogen-bond acceptors (Lipinski definition) is 1. The number of halogens is 1. The van der Waals surface area contributed by atoms with E-state index in [0.717, 1.165) is 5.56 Å². The Kier molecular flexibility index (Phi) is 3.11. The van der Waals surface area contributed by atoms with Crippen LogP contribution in [0, 0.1) is 12.7 Å². The first kappa shape index (κ1) is 12.4. The summed E-state index contributed by atoms with van der Waals surface area (Å²) in [5.74, 6) is 0.439. The van der Waals surface area contributed by atoms with Crippen molar-refractivity contribution in [2.24, 2.45) is 0 Å². The molecule has 0 aromatic heterocycles. The number of rotatable bonds is 3. The lowest BCUT2D eigenvalue weighted by Crippen LogP contribution is -2.01. The van der Waals surface area contributed by atoms with E-state index in [1.165, 1.54) is 24.5 Å². The van der Waals surface area contributed by atoms with Gasteiger partial charge in [0, 0.05) is 0 Å². The van der Waals surface area contributed by atoms with Crippen molar-refractivity contribution in [3.05, 3.63) is 70.5 Å². The first-order valence-electron chi connectivity index (χ1n) is 6.69. The molecule has 1 nitrogen and oxygen atoms in total. The standard InChI is InChI=1S/C17H17FO/c1-11-2-3-15(10-16(11)18)17(19)14-8-6-13(7-9-14)12-4-5-12/h2-3,6-10,12,17,19H,4-5H2,1H3. The van der Waals surface area contributed by atoms with Gasteiger partial charge in [0.05, 0.1) is 0 Å². The van der Waals surface area contributed by atoms with Crippen LogP contribution in [0.5, 0.6) is 0 Å². The van der Waals surface area contributed by atoms with Crippen molar-refractivity contribution < 1.29 is 9.50 Å². The zero-order valence-electron chi connectivity index (χ0n) is 10.9. The monoisotopic (exact) mass is 256 g/mol. The normalized spacial score (nSPS) is 16.4. The second kappa shape index (κ2) is 4.78. The molecule has 0 radical (unpaired) electrons. The Hall–Kier alpha value is -1.67. The average molecular weight is 256 g/mol. The molecule has 1 N–H and O–H groups in total. The molecule has 98 valence electrons. The number of aliphatic hydroxyl groups excluding tert-OH is 1. The minimum absolute atomic E-state index is 0.272. The van der Waals surface area contributed by atoms with Crippen LogP contribution in [0.4, 0.5) is 4.39 Å². The Morgan fingerprint density at radius 3 is 2.26 bits per heavy atom. The molecule has 1 fully saturated rings. The van der Waals surface area contributed by atoms with Crippen molar-refractivity contribution in [2.75, 3.05) is 0 Å². The van der Waals surface area contributed by atoms with Crippen molar-refractivity contribution in [3.63, 3.8) is 0 Å². The van der Waals surface area contributed by atoms with Crippen LogP contribution < -0.4 is 0 Å². The van der Waals surface area contributed by atoms with E-state index < -0.39 is 6.10 Å². The van der Waals surface area contributed by atoms with Crippen LogP contribution in [0.15, 0.2) is 42.5 Å². The van der Waals surface area contributed by atoms with Crippen LogP contribution in [0.25, 0.3) is 0 Å². The highest BCUT2D eigenvalue weighted by atomic mass is 19.1. The van der Waals surface area contributed by atoms with Crippen LogP contribution in [-0.2, 0) is 0 Å². The Labute approximate surface area is 112 Å². The van der Waals surface area contributed by atoms with Crippen LogP contribution in [0.1, 0.15) is 47.1 Å². The molecule has 0 aliphatic heterocycles. The highest BCUT2D eigenvalue weighted by molar-refractivity contribution is 5.35. The lowest BCUT2D eigenvalue weighted by atomic mass is 9.98. The highest BCUT2D eigenvalue weighted by Crippen LogP contribution is 2.40. The SMILES string of the molecule is Cc1ccc(C(O)c2ccc(C3CC3)cc2)cc1F. The Morgan fingerprint density at radius 1 is 1.05 bits per heavy atom. The van der Waals surface area contributed by atoms with Gasteiger partial charge in [0.1, 0.15) is 11.9 Å². The molecular formula is C17H17FO. The van der Waals surface area contributed by atoms with Gasteiger partial charge in [-0.05, 0) is 54.0 Å². The van der Waals surface area contributed by atoms with Gasteiger partial charge in [-0.25, -0.2) is 4.39 Å². The van der Waals surface area contributed by atoms with E-state index >= 15 is 0 Å². The van der Waals surface area contributed by atoms with Crippen molar-refractivity contribution in [1.29, 1.82) is 0 Å². The van der Waals surface area contributed by atoms with Gasteiger partial charge >= 0.3 is 0 Å². The third kappa shape index (κ3) is 2.54. The van der Waals surface area contributed by atoms with E-state index in [1.807, 2.05) is 12.1 Å². The Balaban J connectivity index is 1.85. The van der Waals surface area contributed by atoms with Crippen LogP contribution in [-0.4, -0.2) is 5.11 Å². The lowest BCUT2D eigenvalue weighted by Gasteiger charge is -2.13. The second-order valence-electron chi connectivity index (χ2n) is 5.35. The van der Waals surface area contributed by atoms with Gasteiger partial charge in [0.25, 0.3) is 0 Å². The van der Waals surface area contributed by atoms with Gasteiger partial charge in [0.2, 0.25) is 0 Å². The smallest absolute Gasteiger partial charge is 0.126 e. The minimum atomic E-state index is -0.761. The first-order chi connectivity index (χ1) is 9.15. The maximum atomic E-state index is 13.5. The van der Waals surface area contributed by atoms with Crippen molar-refractivity contribution in [3.8, 4) is 0 Å². The summed E-state index contributed by atoms with van der Waals surface area (Å²) in [5.41, 5.74) is 3.35. The topological polar surface area (TPSA) is 20.2 Å². The van der Waals surface area contributed by atoms with E-state index in [-0.39, 0.29) is 5.82 Å². The molecule has 2 heteroatoms. The molecule has 3 rings (SSSR count). The molecule has 19 heavy (non-hydrogen) atoms. The minimum Gasteiger partial charge on any atom is -0.384 e. The highest BCUT2D eigenvalue weighted by Gasteiger charge is 2.23. The van der Waals surface area contributed by atoms with Crippen LogP contribution >= 0.6 is 0 Å². The summed E-state index contributed by atoms with van der Waals surface area (Å²) in [6.07, 6.45) is 1.78. The summed E-state index contributed by atoms with van der Waals surface area (Å²) in [6.45, 7) is 1.72. The number of benzene rings is 2. The molecule has 0 heterocycles. The van der Waals surface area contributed by atoms with Crippen molar-refractivity contribution in [2.45, 2.75) is 31.8 Å². The van der Waals surface area contributed by atoms with Gasteiger partial charge in [0.15, 0.2) is 0 Å². The molecule has 1 saturated carbocycles. The van der Waals surface area contributed by atoms with Gasteiger partial charge in [-0.3, -0.25) is 0 Å². The summed E-state index contributed by atoms with van der Waals surface area (Å²) in [6, 6.07) is 12.9. The quantitative estimate of drug-likeness (QED) is 0.876. The number of aryl methyl sites for hydroxylation is 1. The largest absolute Gasteiger partial charge is 0.384 e. The first-order valence-corrected chi connectivity index (χ1v) is 6.69. The van der Waals surface area contributed by atoms with Gasteiger partial charge in [-0.15, -0.1) is 0 Å². The predicted octanol–water partition coefficient (Wildman–Crippen LogP) is 4.09. The maximum absolute atomic E-state index is 13.5. The predicted molar refractivity (Wildman–Crippen MR) is 73.6 cm³/mol. The van der Waals surface area contributed by atoms with Gasteiger partial charge in [-0.1, -0.05) is 36.4 Å². The fraction of sp³-hybridized carbons (Fsp3) is 0.294. The third-order valence-electron chi connectivity index (χ3n) is 3.81. The molecule has 2 aromatic rings.